The van der Waals surface area contributed by atoms with Gasteiger partial charge in [0.25, 0.3) is 0 Å². The molecular formula is C18H23N3O3. The fourth-order valence-corrected chi connectivity index (χ4v) is 3.39. The van der Waals surface area contributed by atoms with Crippen molar-refractivity contribution in [3.63, 3.8) is 0 Å². The summed E-state index contributed by atoms with van der Waals surface area (Å²) < 4.78 is 12.6. The molecule has 1 N–H and O–H groups in total. The Kier molecular flexibility index (Phi) is 3.99. The first-order chi connectivity index (χ1) is 11.4. The Labute approximate surface area is 141 Å². The second kappa shape index (κ2) is 5.85. The largest absolute Gasteiger partial charge is 0.493 e. The molecule has 2 aromatic rings. The lowest BCUT2D eigenvalue weighted by Crippen LogP contribution is -2.28. The smallest absolute Gasteiger partial charge is 0.161 e. The Morgan fingerprint density at radius 1 is 1.17 bits per heavy atom. The van der Waals surface area contributed by atoms with Crippen LogP contribution in [0.15, 0.2) is 23.4 Å². The molecule has 0 fully saturated rings. The molecule has 0 radical (unpaired) electrons. The molecule has 1 aromatic heterocycles. The number of oxime groups is 1. The predicted octanol–water partition coefficient (Wildman–Crippen LogP) is 3.26. The zero-order valence-electron chi connectivity index (χ0n) is 14.8. The lowest BCUT2D eigenvalue weighted by Gasteiger charge is -2.30. The molecule has 0 bridgehead atoms. The SMILES string of the molecule is COc1ccc(-c2nn(C)c3c2/C(=N\O)CC(C)(C)C3)cc1OC. The van der Waals surface area contributed by atoms with Crippen molar-refractivity contribution >= 4 is 5.71 Å². The maximum Gasteiger partial charge on any atom is 0.161 e. The van der Waals surface area contributed by atoms with Gasteiger partial charge in [-0.1, -0.05) is 19.0 Å². The number of methoxy groups -OCH3 is 2. The van der Waals surface area contributed by atoms with Gasteiger partial charge in [0.1, 0.15) is 5.69 Å². The Morgan fingerprint density at radius 2 is 1.88 bits per heavy atom. The minimum Gasteiger partial charge on any atom is -0.493 e. The number of hydrogen-bond acceptors (Lipinski definition) is 5. The third-order valence-electron chi connectivity index (χ3n) is 4.52. The summed E-state index contributed by atoms with van der Waals surface area (Å²) in [6.45, 7) is 4.34. The first kappa shape index (κ1) is 16.4. The molecule has 6 heteroatoms. The summed E-state index contributed by atoms with van der Waals surface area (Å²) in [7, 11) is 5.15. The van der Waals surface area contributed by atoms with Crippen LogP contribution in [0.3, 0.4) is 0 Å². The van der Waals surface area contributed by atoms with Crippen LogP contribution in [0.4, 0.5) is 0 Å². The van der Waals surface area contributed by atoms with Crippen LogP contribution in [0.2, 0.25) is 0 Å². The summed E-state index contributed by atoms with van der Waals surface area (Å²) in [5.41, 5.74) is 4.44. The molecule has 1 aromatic carbocycles. The van der Waals surface area contributed by atoms with E-state index >= 15 is 0 Å². The van der Waals surface area contributed by atoms with Gasteiger partial charge < -0.3 is 14.7 Å². The van der Waals surface area contributed by atoms with E-state index in [1.54, 1.807) is 14.2 Å². The molecule has 1 aliphatic rings. The average molecular weight is 329 g/mol. The highest BCUT2D eigenvalue weighted by Gasteiger charge is 2.35. The van der Waals surface area contributed by atoms with Gasteiger partial charge in [0.2, 0.25) is 0 Å². The second-order valence-corrected chi connectivity index (χ2v) is 6.93. The fourth-order valence-electron chi connectivity index (χ4n) is 3.39. The summed E-state index contributed by atoms with van der Waals surface area (Å²) in [5, 5.41) is 17.8. The summed E-state index contributed by atoms with van der Waals surface area (Å²) in [6, 6.07) is 5.70. The van der Waals surface area contributed by atoms with E-state index in [-0.39, 0.29) is 5.41 Å². The highest BCUT2D eigenvalue weighted by atomic mass is 16.5. The Hall–Kier alpha value is -2.50. The molecule has 0 spiro atoms. The molecule has 0 aliphatic heterocycles. The van der Waals surface area contributed by atoms with Crippen LogP contribution >= 0.6 is 0 Å². The van der Waals surface area contributed by atoms with Crippen LogP contribution in [0.5, 0.6) is 11.5 Å². The highest BCUT2D eigenvalue weighted by molar-refractivity contribution is 6.07. The average Bonchev–Trinajstić information content (AvgIpc) is 2.89. The van der Waals surface area contributed by atoms with E-state index in [4.69, 9.17) is 9.47 Å². The van der Waals surface area contributed by atoms with Crippen molar-refractivity contribution in [2.75, 3.05) is 14.2 Å². The molecule has 1 aliphatic carbocycles. The zero-order valence-corrected chi connectivity index (χ0v) is 14.8. The minimum absolute atomic E-state index is 0.0389. The van der Waals surface area contributed by atoms with Gasteiger partial charge in [-0.05, 0) is 36.5 Å². The third kappa shape index (κ3) is 2.62. The molecule has 0 saturated carbocycles. The van der Waals surface area contributed by atoms with Crippen LogP contribution in [-0.4, -0.2) is 34.9 Å². The monoisotopic (exact) mass is 329 g/mol. The maximum absolute atomic E-state index is 9.54. The molecule has 0 amide bonds. The van der Waals surface area contributed by atoms with Gasteiger partial charge in [0, 0.05) is 23.9 Å². The number of ether oxygens (including phenoxy) is 2. The van der Waals surface area contributed by atoms with Crippen molar-refractivity contribution in [1.82, 2.24) is 9.78 Å². The number of nitrogens with zero attached hydrogens (tertiary/aromatic N) is 3. The number of fused-ring (bicyclic) bond motifs is 1. The standard InChI is InChI=1S/C18H23N3O3/c1-18(2)9-12(20-22)16-13(10-18)21(3)19-17(16)11-6-7-14(23-4)15(8-11)24-5/h6-8,22H,9-10H2,1-5H3/b20-12-. The van der Waals surface area contributed by atoms with Gasteiger partial charge in [-0.2, -0.15) is 5.10 Å². The molecule has 1 heterocycles. The van der Waals surface area contributed by atoms with E-state index in [0.717, 1.165) is 28.9 Å². The van der Waals surface area contributed by atoms with Crippen molar-refractivity contribution in [3.05, 3.63) is 29.5 Å². The molecule has 128 valence electrons. The number of hydrogen-bond donors (Lipinski definition) is 1. The molecule has 6 nitrogen and oxygen atoms in total. The number of aryl methyl sites for hydroxylation is 1. The van der Waals surface area contributed by atoms with Crippen LogP contribution in [0.1, 0.15) is 31.5 Å². The maximum atomic E-state index is 9.54. The number of rotatable bonds is 3. The van der Waals surface area contributed by atoms with Gasteiger partial charge in [0.05, 0.1) is 19.9 Å². The van der Waals surface area contributed by atoms with Crippen LogP contribution < -0.4 is 9.47 Å². The molecule has 0 unspecified atom stereocenters. The minimum atomic E-state index is 0.0389. The van der Waals surface area contributed by atoms with Gasteiger partial charge in [-0.25, -0.2) is 0 Å². The Bertz CT molecular complexity index is 806. The van der Waals surface area contributed by atoms with E-state index in [1.165, 1.54) is 0 Å². The molecule has 0 atom stereocenters. The van der Waals surface area contributed by atoms with E-state index < -0.39 is 0 Å². The van der Waals surface area contributed by atoms with Crippen molar-refractivity contribution in [2.24, 2.45) is 17.6 Å². The summed E-state index contributed by atoms with van der Waals surface area (Å²) in [4.78, 5) is 0. The number of aromatic nitrogens is 2. The van der Waals surface area contributed by atoms with Crippen LogP contribution in [0.25, 0.3) is 11.3 Å². The van der Waals surface area contributed by atoms with Crippen molar-refractivity contribution in [3.8, 4) is 22.8 Å². The van der Waals surface area contributed by atoms with E-state index in [1.807, 2.05) is 29.9 Å². The first-order valence-electron chi connectivity index (χ1n) is 7.90. The number of benzene rings is 1. The zero-order chi connectivity index (χ0) is 17.5. The van der Waals surface area contributed by atoms with Gasteiger partial charge in [-0.15, -0.1) is 0 Å². The normalized spacial score (nSPS) is 17.6. The van der Waals surface area contributed by atoms with E-state index in [9.17, 15) is 5.21 Å². The lowest BCUT2D eigenvalue weighted by molar-refractivity contribution is 0.305. The molecule has 3 rings (SSSR count). The van der Waals surface area contributed by atoms with Crippen molar-refractivity contribution < 1.29 is 14.7 Å². The topological polar surface area (TPSA) is 68.9 Å². The summed E-state index contributed by atoms with van der Waals surface area (Å²) in [5.74, 6) is 1.32. The molecule has 24 heavy (non-hydrogen) atoms. The van der Waals surface area contributed by atoms with Crippen LogP contribution in [0, 0.1) is 5.41 Å². The van der Waals surface area contributed by atoms with Gasteiger partial charge >= 0.3 is 0 Å². The van der Waals surface area contributed by atoms with E-state index in [2.05, 4.69) is 24.1 Å². The summed E-state index contributed by atoms with van der Waals surface area (Å²) >= 11 is 0. The predicted molar refractivity (Wildman–Crippen MR) is 92.2 cm³/mol. The highest BCUT2D eigenvalue weighted by Crippen LogP contribution is 2.40. The quantitative estimate of drug-likeness (QED) is 0.693. The molecular weight excluding hydrogens is 306 g/mol. The van der Waals surface area contributed by atoms with Gasteiger partial charge in [0.15, 0.2) is 11.5 Å². The first-order valence-corrected chi connectivity index (χ1v) is 7.90. The Morgan fingerprint density at radius 3 is 2.50 bits per heavy atom. The fraction of sp³-hybridized carbons (Fsp3) is 0.444. The second-order valence-electron chi connectivity index (χ2n) is 6.93. The lowest BCUT2D eigenvalue weighted by atomic mass is 9.75. The molecule has 0 saturated heterocycles. The van der Waals surface area contributed by atoms with Gasteiger partial charge in [-0.3, -0.25) is 4.68 Å². The van der Waals surface area contributed by atoms with Crippen molar-refractivity contribution in [1.29, 1.82) is 0 Å². The van der Waals surface area contributed by atoms with Crippen LogP contribution in [-0.2, 0) is 13.5 Å². The summed E-state index contributed by atoms with van der Waals surface area (Å²) in [6.07, 6.45) is 1.60. The van der Waals surface area contributed by atoms with Crippen molar-refractivity contribution in [2.45, 2.75) is 26.7 Å². The third-order valence-corrected chi connectivity index (χ3v) is 4.52. The van der Waals surface area contributed by atoms with E-state index in [0.29, 0.717) is 23.6 Å². The Balaban J connectivity index is 2.18.